The fourth-order valence-corrected chi connectivity index (χ4v) is 3.65. The van der Waals surface area contributed by atoms with Crippen LogP contribution in [0.2, 0.25) is 0 Å². The van der Waals surface area contributed by atoms with Crippen molar-refractivity contribution in [3.63, 3.8) is 0 Å². The van der Waals surface area contributed by atoms with Crippen molar-refractivity contribution in [2.24, 2.45) is 0 Å². The van der Waals surface area contributed by atoms with Crippen molar-refractivity contribution in [2.45, 2.75) is 18.9 Å². The van der Waals surface area contributed by atoms with Crippen molar-refractivity contribution in [2.75, 3.05) is 13.1 Å². The van der Waals surface area contributed by atoms with E-state index < -0.39 is 11.6 Å². The summed E-state index contributed by atoms with van der Waals surface area (Å²) in [6.45, 7) is 1.94. The van der Waals surface area contributed by atoms with E-state index >= 15 is 0 Å². The number of piperidine rings is 1. The van der Waals surface area contributed by atoms with E-state index in [1.165, 1.54) is 11.3 Å². The van der Waals surface area contributed by atoms with Crippen LogP contribution in [0.25, 0.3) is 22.0 Å². The fraction of sp³-hybridized carbons (Fsp3) is 0.312. The number of nitrogens with one attached hydrogen (secondary N) is 1. The van der Waals surface area contributed by atoms with E-state index in [-0.39, 0.29) is 5.56 Å². The maximum atomic E-state index is 13.9. The highest BCUT2D eigenvalue weighted by Crippen LogP contribution is 2.30. The van der Waals surface area contributed by atoms with Crippen LogP contribution < -0.4 is 5.32 Å². The quantitative estimate of drug-likeness (QED) is 0.790. The predicted octanol–water partition coefficient (Wildman–Crippen LogP) is 3.27. The number of benzene rings is 1. The van der Waals surface area contributed by atoms with Gasteiger partial charge in [-0.2, -0.15) is 0 Å². The summed E-state index contributed by atoms with van der Waals surface area (Å²) in [5.74, 6) is -0.976. The minimum Gasteiger partial charge on any atom is -0.317 e. The van der Waals surface area contributed by atoms with E-state index in [2.05, 4.69) is 20.6 Å². The predicted molar refractivity (Wildman–Crippen MR) is 87.6 cm³/mol. The summed E-state index contributed by atoms with van der Waals surface area (Å²) < 4.78 is 29.1. The second-order valence-corrected chi connectivity index (χ2v) is 6.59. The molecule has 1 aromatic carbocycles. The molecule has 0 saturated carbocycles. The molecule has 1 aliphatic rings. The SMILES string of the molecule is Fc1ccc(F)c(-c2nc(-c3cn(C4CCNCC4)nn3)cs2)c1. The number of hydrogen-bond donors (Lipinski definition) is 1. The van der Waals surface area contributed by atoms with Gasteiger partial charge in [0.1, 0.15) is 28.0 Å². The monoisotopic (exact) mass is 347 g/mol. The summed E-state index contributed by atoms with van der Waals surface area (Å²) >= 11 is 1.26. The van der Waals surface area contributed by atoms with E-state index in [1.54, 1.807) is 5.38 Å². The van der Waals surface area contributed by atoms with Crippen molar-refractivity contribution in [3.05, 3.63) is 41.4 Å². The molecule has 2 aromatic heterocycles. The van der Waals surface area contributed by atoms with Gasteiger partial charge in [0, 0.05) is 10.9 Å². The average Bonchev–Trinajstić information content (AvgIpc) is 3.27. The van der Waals surface area contributed by atoms with Crippen LogP contribution in [-0.2, 0) is 0 Å². The first kappa shape index (κ1) is 15.3. The number of hydrogen-bond acceptors (Lipinski definition) is 5. The number of nitrogens with zero attached hydrogens (tertiary/aromatic N) is 4. The molecular weight excluding hydrogens is 332 g/mol. The molecule has 8 heteroatoms. The summed E-state index contributed by atoms with van der Waals surface area (Å²) in [7, 11) is 0. The lowest BCUT2D eigenvalue weighted by atomic mass is 10.1. The van der Waals surface area contributed by atoms with Gasteiger partial charge in [-0.05, 0) is 44.1 Å². The van der Waals surface area contributed by atoms with Crippen molar-refractivity contribution >= 4 is 11.3 Å². The fourth-order valence-electron chi connectivity index (χ4n) is 2.82. The minimum absolute atomic E-state index is 0.164. The summed E-state index contributed by atoms with van der Waals surface area (Å²) in [4.78, 5) is 4.39. The van der Waals surface area contributed by atoms with Crippen molar-refractivity contribution < 1.29 is 8.78 Å². The van der Waals surface area contributed by atoms with Crippen molar-refractivity contribution in [1.29, 1.82) is 0 Å². The van der Waals surface area contributed by atoms with Gasteiger partial charge in [0.05, 0.1) is 12.2 Å². The normalized spacial score (nSPS) is 15.8. The highest BCUT2D eigenvalue weighted by atomic mass is 32.1. The summed E-state index contributed by atoms with van der Waals surface area (Å²) in [5.41, 5.74) is 1.43. The minimum atomic E-state index is -0.490. The van der Waals surface area contributed by atoms with E-state index in [0.717, 1.165) is 44.1 Å². The molecule has 0 atom stereocenters. The molecule has 0 spiro atoms. The van der Waals surface area contributed by atoms with Gasteiger partial charge in [-0.1, -0.05) is 5.21 Å². The van der Waals surface area contributed by atoms with E-state index in [4.69, 9.17) is 0 Å². The van der Waals surface area contributed by atoms with Gasteiger partial charge in [0.25, 0.3) is 0 Å². The number of thiazole rings is 1. The van der Waals surface area contributed by atoms with Crippen LogP contribution in [0.15, 0.2) is 29.8 Å². The van der Waals surface area contributed by atoms with Crippen molar-refractivity contribution in [1.82, 2.24) is 25.3 Å². The second kappa shape index (κ2) is 6.37. The molecular formula is C16H15F2N5S. The standard InChI is InChI=1S/C16H15F2N5S/c17-10-1-2-13(18)12(7-10)16-20-15(9-24-16)14-8-23(22-21-14)11-3-5-19-6-4-11/h1-2,7-9,11,19H,3-6H2. The zero-order valence-corrected chi connectivity index (χ0v) is 13.6. The molecule has 0 unspecified atom stereocenters. The Kier molecular flexibility index (Phi) is 4.07. The maximum Gasteiger partial charge on any atom is 0.133 e. The van der Waals surface area contributed by atoms with Crippen LogP contribution in [0.3, 0.4) is 0 Å². The molecule has 1 aliphatic heterocycles. The first-order chi connectivity index (χ1) is 11.7. The average molecular weight is 347 g/mol. The van der Waals surface area contributed by atoms with Gasteiger partial charge in [-0.15, -0.1) is 16.4 Å². The van der Waals surface area contributed by atoms with Crippen LogP contribution in [-0.4, -0.2) is 33.1 Å². The Morgan fingerprint density at radius 2 is 2.00 bits per heavy atom. The Morgan fingerprint density at radius 3 is 2.83 bits per heavy atom. The topological polar surface area (TPSA) is 55.6 Å². The van der Waals surface area contributed by atoms with Crippen molar-refractivity contribution in [3.8, 4) is 22.0 Å². The van der Waals surface area contributed by atoms with Crippen LogP contribution in [0.1, 0.15) is 18.9 Å². The Balaban J connectivity index is 1.61. The maximum absolute atomic E-state index is 13.9. The molecule has 0 aliphatic carbocycles. The molecule has 3 aromatic rings. The van der Waals surface area contributed by atoms with Crippen LogP contribution in [0, 0.1) is 11.6 Å². The molecule has 1 saturated heterocycles. The lowest BCUT2D eigenvalue weighted by Crippen LogP contribution is -2.29. The largest absolute Gasteiger partial charge is 0.317 e. The first-order valence-electron chi connectivity index (χ1n) is 7.74. The zero-order chi connectivity index (χ0) is 16.5. The number of halogens is 2. The molecule has 1 N–H and O–H groups in total. The third-order valence-electron chi connectivity index (χ3n) is 4.12. The number of rotatable bonds is 3. The van der Waals surface area contributed by atoms with Gasteiger partial charge in [0.2, 0.25) is 0 Å². The lowest BCUT2D eigenvalue weighted by molar-refractivity contribution is 0.337. The van der Waals surface area contributed by atoms with E-state index in [0.29, 0.717) is 22.4 Å². The number of aromatic nitrogens is 4. The Morgan fingerprint density at radius 1 is 1.17 bits per heavy atom. The zero-order valence-electron chi connectivity index (χ0n) is 12.7. The molecule has 0 amide bonds. The molecule has 5 nitrogen and oxygen atoms in total. The van der Waals surface area contributed by atoms with E-state index in [1.807, 2.05) is 10.9 Å². The molecule has 4 rings (SSSR count). The Bertz CT molecular complexity index is 854. The van der Waals surface area contributed by atoms with Gasteiger partial charge < -0.3 is 5.32 Å². The summed E-state index contributed by atoms with van der Waals surface area (Å²) in [6.07, 6.45) is 3.90. The summed E-state index contributed by atoms with van der Waals surface area (Å²) in [5, 5.41) is 13.9. The first-order valence-corrected chi connectivity index (χ1v) is 8.62. The van der Waals surface area contributed by atoms with Crippen LogP contribution >= 0.6 is 11.3 Å². The molecule has 0 bridgehead atoms. The van der Waals surface area contributed by atoms with Crippen LogP contribution in [0.4, 0.5) is 8.78 Å². The Hall–Kier alpha value is -2.19. The highest BCUT2D eigenvalue weighted by Gasteiger charge is 2.18. The van der Waals surface area contributed by atoms with Crippen LogP contribution in [0.5, 0.6) is 0 Å². The van der Waals surface area contributed by atoms with Gasteiger partial charge in [-0.3, -0.25) is 0 Å². The third-order valence-corrected chi connectivity index (χ3v) is 4.99. The lowest BCUT2D eigenvalue weighted by Gasteiger charge is -2.22. The van der Waals surface area contributed by atoms with Gasteiger partial charge in [-0.25, -0.2) is 18.4 Å². The highest BCUT2D eigenvalue weighted by molar-refractivity contribution is 7.13. The second-order valence-electron chi connectivity index (χ2n) is 5.73. The molecule has 0 radical (unpaired) electrons. The molecule has 24 heavy (non-hydrogen) atoms. The van der Waals surface area contributed by atoms with Gasteiger partial charge in [0.15, 0.2) is 0 Å². The molecule has 124 valence electrons. The summed E-state index contributed by atoms with van der Waals surface area (Å²) in [6, 6.07) is 3.70. The molecule has 1 fully saturated rings. The third kappa shape index (κ3) is 2.94. The Labute approximate surface area is 141 Å². The smallest absolute Gasteiger partial charge is 0.133 e. The van der Waals surface area contributed by atoms with Gasteiger partial charge >= 0.3 is 0 Å². The molecule has 3 heterocycles. The van der Waals surface area contributed by atoms with E-state index in [9.17, 15) is 8.78 Å².